The van der Waals surface area contributed by atoms with Gasteiger partial charge in [0.05, 0.1) is 11.1 Å². The maximum absolute atomic E-state index is 6.12. The van der Waals surface area contributed by atoms with Crippen molar-refractivity contribution >= 4 is 21.6 Å². The quantitative estimate of drug-likeness (QED) is 0.134. The van der Waals surface area contributed by atoms with Gasteiger partial charge in [0.15, 0.2) is 11.5 Å². The van der Waals surface area contributed by atoms with Crippen LogP contribution in [0.15, 0.2) is 126 Å². The second-order valence-corrected chi connectivity index (χ2v) is 10.6. The van der Waals surface area contributed by atoms with Crippen molar-refractivity contribution in [3.05, 3.63) is 148 Å². The molecule has 0 saturated heterocycles. The number of nitrogens with one attached hydrogen (secondary N) is 1. The number of anilines is 1. The Balaban J connectivity index is 1.11. The summed E-state index contributed by atoms with van der Waals surface area (Å²) in [5.74, 6) is 3.05. The van der Waals surface area contributed by atoms with Gasteiger partial charge in [0, 0.05) is 12.2 Å². The molecule has 0 fully saturated rings. The van der Waals surface area contributed by atoms with E-state index in [9.17, 15) is 0 Å². The smallest absolute Gasteiger partial charge is 0.175 e. The SMILES string of the molecule is CCOc1cc(CNc2ccc(COc3ccc(OCc4ccccc4)cc3)cc2)cc(Br)c1OCc1ccccc1. The van der Waals surface area contributed by atoms with E-state index in [1.807, 2.05) is 85.8 Å². The van der Waals surface area contributed by atoms with Crippen LogP contribution in [0.2, 0.25) is 0 Å². The van der Waals surface area contributed by atoms with Crippen LogP contribution >= 0.6 is 15.9 Å². The van der Waals surface area contributed by atoms with Crippen molar-refractivity contribution in [1.29, 1.82) is 0 Å². The highest BCUT2D eigenvalue weighted by Gasteiger charge is 2.13. The molecule has 0 aromatic heterocycles. The van der Waals surface area contributed by atoms with Crippen molar-refractivity contribution in [2.24, 2.45) is 0 Å². The second-order valence-electron chi connectivity index (χ2n) is 9.70. The molecule has 0 saturated carbocycles. The fourth-order valence-corrected chi connectivity index (χ4v) is 4.92. The number of rotatable bonds is 14. The Morgan fingerprint density at radius 2 is 1.07 bits per heavy atom. The first-order chi connectivity index (χ1) is 20.7. The molecule has 5 aromatic carbocycles. The van der Waals surface area contributed by atoms with E-state index in [0.717, 1.165) is 49.7 Å². The summed E-state index contributed by atoms with van der Waals surface area (Å²) in [4.78, 5) is 0. The molecule has 1 N–H and O–H groups in total. The molecule has 42 heavy (non-hydrogen) atoms. The number of hydrogen-bond acceptors (Lipinski definition) is 5. The molecule has 214 valence electrons. The first-order valence-electron chi connectivity index (χ1n) is 14.0. The van der Waals surface area contributed by atoms with Crippen LogP contribution in [0.5, 0.6) is 23.0 Å². The molecule has 0 aliphatic rings. The fourth-order valence-electron chi connectivity index (χ4n) is 4.32. The van der Waals surface area contributed by atoms with Gasteiger partial charge in [-0.25, -0.2) is 0 Å². The van der Waals surface area contributed by atoms with E-state index < -0.39 is 0 Å². The van der Waals surface area contributed by atoms with Crippen LogP contribution in [0.25, 0.3) is 0 Å². The average molecular weight is 625 g/mol. The zero-order chi connectivity index (χ0) is 29.0. The van der Waals surface area contributed by atoms with E-state index in [1.165, 1.54) is 0 Å². The van der Waals surface area contributed by atoms with Crippen LogP contribution < -0.4 is 24.3 Å². The number of ether oxygens (including phenoxy) is 4. The van der Waals surface area contributed by atoms with Gasteiger partial charge in [0.25, 0.3) is 0 Å². The van der Waals surface area contributed by atoms with Crippen LogP contribution in [-0.2, 0) is 26.4 Å². The Bertz CT molecular complexity index is 1530. The molecule has 0 bridgehead atoms. The summed E-state index contributed by atoms with van der Waals surface area (Å²) in [6.07, 6.45) is 0. The van der Waals surface area contributed by atoms with E-state index in [-0.39, 0.29) is 0 Å². The predicted octanol–water partition coefficient (Wildman–Crippen LogP) is 9.20. The standard InChI is InChI=1S/C36H34BrNO4/c1-2-39-35-22-30(21-34(37)36(35)42-26-28-11-7-4-8-12-28)23-38-31-15-13-29(14-16-31)25-41-33-19-17-32(18-20-33)40-24-27-9-5-3-6-10-27/h3-22,38H,2,23-26H2,1H3. The Morgan fingerprint density at radius 1 is 0.548 bits per heavy atom. The van der Waals surface area contributed by atoms with Crippen molar-refractivity contribution < 1.29 is 18.9 Å². The van der Waals surface area contributed by atoms with E-state index in [2.05, 4.69) is 63.7 Å². The molecular formula is C36H34BrNO4. The molecule has 6 heteroatoms. The molecule has 0 heterocycles. The van der Waals surface area contributed by atoms with Crippen LogP contribution in [0.1, 0.15) is 29.2 Å². The number of hydrogen-bond donors (Lipinski definition) is 1. The Morgan fingerprint density at radius 3 is 1.62 bits per heavy atom. The van der Waals surface area contributed by atoms with E-state index >= 15 is 0 Å². The molecular weight excluding hydrogens is 590 g/mol. The summed E-state index contributed by atoms with van der Waals surface area (Å²) in [5, 5.41) is 3.49. The maximum atomic E-state index is 6.12. The molecule has 0 radical (unpaired) electrons. The van der Waals surface area contributed by atoms with Crippen LogP contribution in [-0.4, -0.2) is 6.61 Å². The molecule has 0 unspecified atom stereocenters. The normalized spacial score (nSPS) is 10.6. The first-order valence-corrected chi connectivity index (χ1v) is 14.8. The highest BCUT2D eigenvalue weighted by molar-refractivity contribution is 9.10. The summed E-state index contributed by atoms with van der Waals surface area (Å²) in [7, 11) is 0. The Labute approximate surface area is 256 Å². The topological polar surface area (TPSA) is 49.0 Å². The van der Waals surface area contributed by atoms with Gasteiger partial charge in [-0.1, -0.05) is 72.8 Å². The average Bonchev–Trinajstić information content (AvgIpc) is 3.03. The third-order valence-electron chi connectivity index (χ3n) is 6.52. The first kappa shape index (κ1) is 29.1. The minimum absolute atomic E-state index is 0.474. The molecule has 0 aliphatic carbocycles. The molecule has 5 rings (SSSR count). The van der Waals surface area contributed by atoms with Crippen LogP contribution in [0.3, 0.4) is 0 Å². The summed E-state index contributed by atoms with van der Waals surface area (Å²) in [6, 6.07) is 40.3. The summed E-state index contributed by atoms with van der Waals surface area (Å²) in [5.41, 5.74) is 5.44. The molecule has 0 aliphatic heterocycles. The molecule has 0 amide bonds. The van der Waals surface area contributed by atoms with Crippen LogP contribution in [0, 0.1) is 0 Å². The van der Waals surface area contributed by atoms with Crippen LogP contribution in [0.4, 0.5) is 5.69 Å². The Hall–Kier alpha value is -4.42. The summed E-state index contributed by atoms with van der Waals surface area (Å²) >= 11 is 3.68. The van der Waals surface area contributed by atoms with Gasteiger partial charge in [-0.2, -0.15) is 0 Å². The number of halogens is 1. The van der Waals surface area contributed by atoms with Crippen molar-refractivity contribution in [3.8, 4) is 23.0 Å². The molecule has 5 nitrogen and oxygen atoms in total. The Kier molecular flexibility index (Phi) is 10.4. The molecule has 0 atom stereocenters. The maximum Gasteiger partial charge on any atom is 0.175 e. The van der Waals surface area contributed by atoms with Crippen molar-refractivity contribution in [2.75, 3.05) is 11.9 Å². The molecule has 0 spiro atoms. The fraction of sp³-hybridized carbons (Fsp3) is 0.167. The summed E-state index contributed by atoms with van der Waals surface area (Å²) < 4.78 is 24.7. The predicted molar refractivity (Wildman–Crippen MR) is 171 cm³/mol. The van der Waals surface area contributed by atoms with E-state index in [0.29, 0.717) is 38.7 Å². The second kappa shape index (κ2) is 15.0. The minimum atomic E-state index is 0.474. The lowest BCUT2D eigenvalue weighted by Crippen LogP contribution is -2.04. The third kappa shape index (κ3) is 8.54. The molecule has 5 aromatic rings. The van der Waals surface area contributed by atoms with Gasteiger partial charge in [-0.3, -0.25) is 0 Å². The largest absolute Gasteiger partial charge is 0.490 e. The van der Waals surface area contributed by atoms with Gasteiger partial charge in [0.1, 0.15) is 31.3 Å². The lowest BCUT2D eigenvalue weighted by Gasteiger charge is -2.16. The lowest BCUT2D eigenvalue weighted by atomic mass is 10.1. The van der Waals surface area contributed by atoms with Crippen molar-refractivity contribution in [3.63, 3.8) is 0 Å². The van der Waals surface area contributed by atoms with Gasteiger partial charge < -0.3 is 24.3 Å². The zero-order valence-electron chi connectivity index (χ0n) is 23.6. The minimum Gasteiger partial charge on any atom is -0.490 e. The third-order valence-corrected chi connectivity index (χ3v) is 7.11. The van der Waals surface area contributed by atoms with Gasteiger partial charge in [-0.05, 0) is 93.6 Å². The van der Waals surface area contributed by atoms with Gasteiger partial charge >= 0.3 is 0 Å². The van der Waals surface area contributed by atoms with Gasteiger partial charge in [0.2, 0.25) is 0 Å². The number of benzene rings is 5. The van der Waals surface area contributed by atoms with E-state index in [4.69, 9.17) is 18.9 Å². The van der Waals surface area contributed by atoms with Crippen molar-refractivity contribution in [2.45, 2.75) is 33.3 Å². The highest BCUT2D eigenvalue weighted by Crippen LogP contribution is 2.37. The highest BCUT2D eigenvalue weighted by atomic mass is 79.9. The lowest BCUT2D eigenvalue weighted by molar-refractivity contribution is 0.267. The van der Waals surface area contributed by atoms with E-state index in [1.54, 1.807) is 0 Å². The summed E-state index contributed by atoms with van der Waals surface area (Å²) in [6.45, 7) is 4.68. The monoisotopic (exact) mass is 623 g/mol. The zero-order valence-corrected chi connectivity index (χ0v) is 25.2. The van der Waals surface area contributed by atoms with Crippen molar-refractivity contribution in [1.82, 2.24) is 0 Å². The van der Waals surface area contributed by atoms with Gasteiger partial charge in [-0.15, -0.1) is 0 Å².